The molecular weight excluding hydrogens is 136 g/mol. The van der Waals surface area contributed by atoms with Gasteiger partial charge in [0, 0.05) is 12.1 Å². The van der Waals surface area contributed by atoms with Crippen LogP contribution in [-0.2, 0) is 0 Å². The maximum Gasteiger partial charge on any atom is 0.0329 e. The van der Waals surface area contributed by atoms with E-state index in [4.69, 9.17) is 5.73 Å². The Balaban J connectivity index is 2.50. The molecule has 1 rings (SSSR count). The van der Waals surface area contributed by atoms with Crippen LogP contribution in [0.2, 0.25) is 0 Å². The van der Waals surface area contributed by atoms with Crippen LogP contribution < -0.4 is 11.1 Å². The topological polar surface area (TPSA) is 38.0 Å². The van der Waals surface area contributed by atoms with Crippen LogP contribution in [0.3, 0.4) is 0 Å². The molecule has 0 amide bonds. The third-order valence-corrected chi connectivity index (χ3v) is 2.88. The van der Waals surface area contributed by atoms with Crippen LogP contribution >= 0.6 is 0 Å². The third kappa shape index (κ3) is 1.74. The van der Waals surface area contributed by atoms with Gasteiger partial charge in [-0.25, -0.2) is 0 Å². The van der Waals surface area contributed by atoms with Crippen molar-refractivity contribution in [1.29, 1.82) is 0 Å². The highest BCUT2D eigenvalue weighted by Gasteiger charge is 2.41. The lowest BCUT2D eigenvalue weighted by molar-refractivity contribution is 0.285. The van der Waals surface area contributed by atoms with Crippen molar-refractivity contribution in [3.63, 3.8) is 0 Å². The molecule has 0 saturated heterocycles. The summed E-state index contributed by atoms with van der Waals surface area (Å²) in [6, 6.07) is 0. The van der Waals surface area contributed by atoms with Gasteiger partial charge in [0.2, 0.25) is 0 Å². The van der Waals surface area contributed by atoms with Gasteiger partial charge >= 0.3 is 0 Å². The second-order valence-corrected chi connectivity index (χ2v) is 3.52. The van der Waals surface area contributed by atoms with Crippen molar-refractivity contribution in [1.82, 2.24) is 5.32 Å². The van der Waals surface area contributed by atoms with Crippen LogP contribution in [0.25, 0.3) is 0 Å². The quantitative estimate of drug-likeness (QED) is 0.626. The van der Waals surface area contributed by atoms with Crippen molar-refractivity contribution in [2.45, 2.75) is 38.6 Å². The summed E-state index contributed by atoms with van der Waals surface area (Å²) in [5, 5.41) is 3.53. The number of nitrogens with one attached hydrogen (secondary N) is 1. The van der Waals surface area contributed by atoms with Gasteiger partial charge in [-0.05, 0) is 31.7 Å². The largest absolute Gasteiger partial charge is 0.329 e. The van der Waals surface area contributed by atoms with E-state index in [1.165, 1.54) is 19.3 Å². The summed E-state index contributed by atoms with van der Waals surface area (Å²) in [6.45, 7) is 6.22. The molecule has 0 aliphatic heterocycles. The van der Waals surface area contributed by atoms with Gasteiger partial charge in [-0.15, -0.1) is 0 Å². The summed E-state index contributed by atoms with van der Waals surface area (Å²) in [5.41, 5.74) is 6.06. The van der Waals surface area contributed by atoms with Gasteiger partial charge in [-0.1, -0.05) is 13.8 Å². The third-order valence-electron chi connectivity index (χ3n) is 2.88. The summed E-state index contributed by atoms with van der Waals surface area (Å²) in [7, 11) is 0. The number of likely N-dealkylation sites (N-methyl/N-ethyl adjacent to an activating group) is 1. The van der Waals surface area contributed by atoms with E-state index in [0.717, 1.165) is 19.0 Å². The molecule has 0 spiro atoms. The summed E-state index contributed by atoms with van der Waals surface area (Å²) in [6.07, 6.45) is 3.91. The number of hydrogen-bond donors (Lipinski definition) is 2. The molecule has 2 heteroatoms. The van der Waals surface area contributed by atoms with E-state index in [0.29, 0.717) is 0 Å². The van der Waals surface area contributed by atoms with Crippen molar-refractivity contribution in [2.24, 2.45) is 11.7 Å². The smallest absolute Gasteiger partial charge is 0.0329 e. The van der Waals surface area contributed by atoms with E-state index >= 15 is 0 Å². The number of rotatable bonds is 5. The monoisotopic (exact) mass is 156 g/mol. The molecule has 0 aromatic carbocycles. The maximum atomic E-state index is 5.78. The molecule has 0 bridgehead atoms. The van der Waals surface area contributed by atoms with Gasteiger partial charge < -0.3 is 11.1 Å². The molecule has 1 unspecified atom stereocenters. The van der Waals surface area contributed by atoms with E-state index in [2.05, 4.69) is 19.2 Å². The van der Waals surface area contributed by atoms with Crippen LogP contribution in [0, 0.1) is 5.92 Å². The Bertz CT molecular complexity index is 115. The molecule has 11 heavy (non-hydrogen) atoms. The Kier molecular flexibility index (Phi) is 2.90. The van der Waals surface area contributed by atoms with E-state index in [1.54, 1.807) is 0 Å². The Hall–Kier alpha value is -0.0800. The molecule has 0 aromatic rings. The Morgan fingerprint density at radius 3 is 2.36 bits per heavy atom. The van der Waals surface area contributed by atoms with E-state index in [-0.39, 0.29) is 5.54 Å². The zero-order chi connectivity index (χ0) is 8.32. The van der Waals surface area contributed by atoms with Gasteiger partial charge in [0.1, 0.15) is 0 Å². The molecule has 0 aromatic heterocycles. The van der Waals surface area contributed by atoms with Gasteiger partial charge in [-0.3, -0.25) is 0 Å². The van der Waals surface area contributed by atoms with Crippen LogP contribution in [0.4, 0.5) is 0 Å². The van der Waals surface area contributed by atoms with Gasteiger partial charge in [0.25, 0.3) is 0 Å². The minimum atomic E-state index is 0.273. The zero-order valence-electron chi connectivity index (χ0n) is 7.69. The molecule has 66 valence electrons. The summed E-state index contributed by atoms with van der Waals surface area (Å²) >= 11 is 0. The minimum absolute atomic E-state index is 0.273. The van der Waals surface area contributed by atoms with Crippen molar-refractivity contribution in [3.05, 3.63) is 0 Å². The second-order valence-electron chi connectivity index (χ2n) is 3.52. The molecule has 0 heterocycles. The lowest BCUT2D eigenvalue weighted by Crippen LogP contribution is -2.52. The van der Waals surface area contributed by atoms with Crippen molar-refractivity contribution < 1.29 is 0 Å². The van der Waals surface area contributed by atoms with Gasteiger partial charge in [0.05, 0.1) is 0 Å². The molecule has 1 saturated carbocycles. The predicted molar refractivity (Wildman–Crippen MR) is 48.5 cm³/mol. The zero-order valence-corrected chi connectivity index (χ0v) is 7.69. The van der Waals surface area contributed by atoms with E-state index in [1.807, 2.05) is 0 Å². The molecule has 3 N–H and O–H groups in total. The highest BCUT2D eigenvalue weighted by molar-refractivity contribution is 5.00. The first-order chi connectivity index (χ1) is 5.29. The predicted octanol–water partition coefficient (Wildman–Crippen LogP) is 1.11. The van der Waals surface area contributed by atoms with Crippen LogP contribution in [0.1, 0.15) is 33.1 Å². The first-order valence-electron chi connectivity index (χ1n) is 4.74. The van der Waals surface area contributed by atoms with Crippen LogP contribution in [0.5, 0.6) is 0 Å². The molecule has 1 fully saturated rings. The average molecular weight is 156 g/mol. The maximum absolute atomic E-state index is 5.78. The summed E-state index contributed by atoms with van der Waals surface area (Å²) in [5.74, 6) is 0.859. The summed E-state index contributed by atoms with van der Waals surface area (Å²) < 4.78 is 0. The molecule has 1 aliphatic rings. The fourth-order valence-corrected chi connectivity index (χ4v) is 1.93. The Labute approximate surface area is 69.5 Å². The van der Waals surface area contributed by atoms with Crippen LogP contribution in [-0.4, -0.2) is 18.6 Å². The Morgan fingerprint density at radius 1 is 1.45 bits per heavy atom. The normalized spacial score (nSPS) is 23.2. The van der Waals surface area contributed by atoms with Crippen molar-refractivity contribution >= 4 is 0 Å². The highest BCUT2D eigenvalue weighted by Crippen LogP contribution is 2.40. The fraction of sp³-hybridized carbons (Fsp3) is 1.00. The van der Waals surface area contributed by atoms with Crippen molar-refractivity contribution in [3.8, 4) is 0 Å². The lowest BCUT2D eigenvalue weighted by Gasteiger charge is -2.32. The van der Waals surface area contributed by atoms with Gasteiger partial charge in [0.15, 0.2) is 0 Å². The second kappa shape index (κ2) is 3.55. The first-order valence-corrected chi connectivity index (χ1v) is 4.74. The van der Waals surface area contributed by atoms with Gasteiger partial charge in [-0.2, -0.15) is 0 Å². The Morgan fingerprint density at radius 2 is 2.09 bits per heavy atom. The molecule has 2 nitrogen and oxygen atoms in total. The fourth-order valence-electron chi connectivity index (χ4n) is 1.93. The van der Waals surface area contributed by atoms with Crippen molar-refractivity contribution in [2.75, 3.05) is 13.1 Å². The van der Waals surface area contributed by atoms with E-state index < -0.39 is 0 Å². The molecule has 0 radical (unpaired) electrons. The lowest BCUT2D eigenvalue weighted by atomic mass is 9.90. The minimum Gasteiger partial charge on any atom is -0.329 e. The standard InChI is InChI=1S/C9H20N2/c1-3-9(7-10,11-4-2)8-5-6-8/h8,11H,3-7,10H2,1-2H3. The summed E-state index contributed by atoms with van der Waals surface area (Å²) in [4.78, 5) is 0. The van der Waals surface area contributed by atoms with E-state index in [9.17, 15) is 0 Å². The SMILES string of the molecule is CCNC(CC)(CN)C1CC1. The molecular formula is C9H20N2. The number of nitrogens with two attached hydrogens (primary N) is 1. The molecule has 1 aliphatic carbocycles. The van der Waals surface area contributed by atoms with Crippen LogP contribution in [0.15, 0.2) is 0 Å². The molecule has 1 atom stereocenters. The first kappa shape index (κ1) is 9.01. The highest BCUT2D eigenvalue weighted by atomic mass is 15.0. The number of hydrogen-bond acceptors (Lipinski definition) is 2. The average Bonchev–Trinajstić information content (AvgIpc) is 2.83.